The molecule has 0 aromatic carbocycles. The predicted molar refractivity (Wildman–Crippen MR) is 64.5 cm³/mol. The third-order valence-corrected chi connectivity index (χ3v) is 2.72. The minimum atomic E-state index is 0.395. The van der Waals surface area contributed by atoms with Crippen LogP contribution in [0.25, 0.3) is 0 Å². The van der Waals surface area contributed by atoms with Gasteiger partial charge in [0.1, 0.15) is 0 Å². The first kappa shape index (κ1) is 14.1. The molecule has 0 saturated carbocycles. The number of hydrogen-bond donors (Lipinski definition) is 0. The predicted octanol–water partition coefficient (Wildman–Crippen LogP) is 3.75. The van der Waals surface area contributed by atoms with E-state index in [-0.39, 0.29) is 0 Å². The van der Waals surface area contributed by atoms with Crippen molar-refractivity contribution in [2.24, 2.45) is 11.8 Å². The molecule has 0 amide bonds. The molecule has 2 unspecified atom stereocenters. The van der Waals surface area contributed by atoms with Gasteiger partial charge >= 0.3 is 0 Å². The molecule has 2 nitrogen and oxygen atoms in total. The highest BCUT2D eigenvalue weighted by Crippen LogP contribution is 2.22. The van der Waals surface area contributed by atoms with Crippen molar-refractivity contribution in [2.75, 3.05) is 13.7 Å². The summed E-state index contributed by atoms with van der Waals surface area (Å²) < 4.78 is 10.5. The van der Waals surface area contributed by atoms with E-state index in [1.54, 1.807) is 7.11 Å². The standard InChI is InChI=1S/C13H24O2/c1-7-15-13(5)11(3)9-8-10(2)12(4)14-6/h10-11H,4-5,7-9H2,1-3,6H3. The summed E-state index contributed by atoms with van der Waals surface area (Å²) in [6.07, 6.45) is 2.11. The molecule has 2 heteroatoms. The summed E-state index contributed by atoms with van der Waals surface area (Å²) in [6.45, 7) is 14.7. The zero-order valence-electron chi connectivity index (χ0n) is 10.5. The molecule has 0 heterocycles. The average molecular weight is 212 g/mol. The van der Waals surface area contributed by atoms with Gasteiger partial charge in [-0.05, 0) is 19.8 Å². The summed E-state index contributed by atoms with van der Waals surface area (Å²) in [5.41, 5.74) is 0. The zero-order chi connectivity index (χ0) is 11.8. The molecule has 0 radical (unpaired) electrons. The molecule has 0 rings (SSSR count). The Morgan fingerprint density at radius 1 is 1.07 bits per heavy atom. The average Bonchev–Trinajstić information content (AvgIpc) is 2.24. The van der Waals surface area contributed by atoms with E-state index in [9.17, 15) is 0 Å². The van der Waals surface area contributed by atoms with E-state index < -0.39 is 0 Å². The van der Waals surface area contributed by atoms with Crippen LogP contribution in [0.3, 0.4) is 0 Å². The number of methoxy groups -OCH3 is 1. The van der Waals surface area contributed by atoms with Crippen LogP contribution in [-0.2, 0) is 9.47 Å². The van der Waals surface area contributed by atoms with Crippen molar-refractivity contribution < 1.29 is 9.47 Å². The van der Waals surface area contributed by atoms with Crippen LogP contribution in [0.1, 0.15) is 33.6 Å². The second-order valence-electron chi connectivity index (χ2n) is 3.95. The number of allylic oxidation sites excluding steroid dienone is 2. The van der Waals surface area contributed by atoms with E-state index in [1.165, 1.54) is 0 Å². The fourth-order valence-electron chi connectivity index (χ4n) is 1.35. The number of ether oxygens (including phenoxy) is 2. The van der Waals surface area contributed by atoms with Crippen LogP contribution in [0.5, 0.6) is 0 Å². The zero-order valence-corrected chi connectivity index (χ0v) is 10.5. The molecule has 0 aromatic heterocycles. The van der Waals surface area contributed by atoms with Gasteiger partial charge in [0, 0.05) is 11.8 Å². The molecule has 0 aliphatic carbocycles. The van der Waals surface area contributed by atoms with E-state index in [2.05, 4.69) is 27.0 Å². The quantitative estimate of drug-likeness (QED) is 0.570. The summed E-state index contributed by atoms with van der Waals surface area (Å²) in [5.74, 6) is 2.53. The van der Waals surface area contributed by atoms with Gasteiger partial charge in [0.05, 0.1) is 25.2 Å². The molecule has 88 valence electrons. The van der Waals surface area contributed by atoms with E-state index in [0.29, 0.717) is 18.4 Å². The molecule has 0 spiro atoms. The molecular weight excluding hydrogens is 188 g/mol. The van der Waals surface area contributed by atoms with Crippen LogP contribution >= 0.6 is 0 Å². The minimum absolute atomic E-state index is 0.395. The maximum atomic E-state index is 5.37. The van der Waals surface area contributed by atoms with Gasteiger partial charge in [-0.2, -0.15) is 0 Å². The van der Waals surface area contributed by atoms with Gasteiger partial charge < -0.3 is 9.47 Å². The third-order valence-electron chi connectivity index (χ3n) is 2.72. The van der Waals surface area contributed by atoms with Crippen LogP contribution in [0.4, 0.5) is 0 Å². The smallest absolute Gasteiger partial charge is 0.0916 e. The summed E-state index contributed by atoms with van der Waals surface area (Å²) in [7, 11) is 1.67. The first-order chi connectivity index (χ1) is 7.02. The summed E-state index contributed by atoms with van der Waals surface area (Å²) in [4.78, 5) is 0. The highest BCUT2D eigenvalue weighted by atomic mass is 16.5. The minimum Gasteiger partial charge on any atom is -0.501 e. The van der Waals surface area contributed by atoms with E-state index in [1.807, 2.05) is 6.92 Å². The van der Waals surface area contributed by atoms with E-state index in [0.717, 1.165) is 24.4 Å². The van der Waals surface area contributed by atoms with Gasteiger partial charge in [-0.15, -0.1) is 0 Å². The van der Waals surface area contributed by atoms with E-state index >= 15 is 0 Å². The molecule has 0 aliphatic rings. The molecule has 0 N–H and O–H groups in total. The first-order valence-electron chi connectivity index (χ1n) is 5.57. The number of hydrogen-bond acceptors (Lipinski definition) is 2. The highest BCUT2D eigenvalue weighted by molar-refractivity contribution is 4.92. The fourth-order valence-corrected chi connectivity index (χ4v) is 1.35. The third kappa shape index (κ3) is 5.50. The van der Waals surface area contributed by atoms with Crippen molar-refractivity contribution >= 4 is 0 Å². The van der Waals surface area contributed by atoms with Crippen molar-refractivity contribution in [2.45, 2.75) is 33.6 Å². The Morgan fingerprint density at radius 3 is 1.93 bits per heavy atom. The lowest BCUT2D eigenvalue weighted by molar-refractivity contribution is 0.187. The van der Waals surface area contributed by atoms with Gasteiger partial charge in [0.15, 0.2) is 0 Å². The van der Waals surface area contributed by atoms with Crippen LogP contribution < -0.4 is 0 Å². The Balaban J connectivity index is 3.84. The van der Waals surface area contributed by atoms with Gasteiger partial charge in [0.2, 0.25) is 0 Å². The largest absolute Gasteiger partial charge is 0.501 e. The Kier molecular flexibility index (Phi) is 6.93. The van der Waals surface area contributed by atoms with Crippen molar-refractivity contribution in [3.63, 3.8) is 0 Å². The SMILES string of the molecule is C=C(OC)C(C)CCC(C)C(=C)OCC. The Hall–Kier alpha value is -0.920. The van der Waals surface area contributed by atoms with Gasteiger partial charge in [-0.1, -0.05) is 27.0 Å². The maximum absolute atomic E-state index is 5.37. The lowest BCUT2D eigenvalue weighted by Gasteiger charge is -2.18. The Bertz CT molecular complexity index is 209. The molecule has 0 aliphatic heterocycles. The van der Waals surface area contributed by atoms with Gasteiger partial charge in [-0.3, -0.25) is 0 Å². The number of rotatable bonds is 8. The second kappa shape index (κ2) is 7.38. The summed E-state index contributed by atoms with van der Waals surface area (Å²) in [6, 6.07) is 0. The maximum Gasteiger partial charge on any atom is 0.0916 e. The molecular formula is C13H24O2. The normalized spacial score (nSPS) is 14.1. The second-order valence-corrected chi connectivity index (χ2v) is 3.95. The van der Waals surface area contributed by atoms with Gasteiger partial charge in [-0.25, -0.2) is 0 Å². The van der Waals surface area contributed by atoms with Crippen molar-refractivity contribution in [1.82, 2.24) is 0 Å². The molecule has 0 aromatic rings. The van der Waals surface area contributed by atoms with Crippen LogP contribution in [0.15, 0.2) is 24.7 Å². The van der Waals surface area contributed by atoms with Crippen molar-refractivity contribution in [1.29, 1.82) is 0 Å². The molecule has 15 heavy (non-hydrogen) atoms. The van der Waals surface area contributed by atoms with Crippen molar-refractivity contribution in [3.05, 3.63) is 24.7 Å². The molecule has 2 atom stereocenters. The van der Waals surface area contributed by atoms with Gasteiger partial charge in [0.25, 0.3) is 0 Å². The fraction of sp³-hybridized carbons (Fsp3) is 0.692. The summed E-state index contributed by atoms with van der Waals surface area (Å²) in [5, 5.41) is 0. The van der Waals surface area contributed by atoms with Crippen LogP contribution in [0.2, 0.25) is 0 Å². The molecule has 0 saturated heterocycles. The van der Waals surface area contributed by atoms with Crippen LogP contribution in [-0.4, -0.2) is 13.7 Å². The van der Waals surface area contributed by atoms with Crippen LogP contribution in [0, 0.1) is 11.8 Å². The lowest BCUT2D eigenvalue weighted by Crippen LogP contribution is -2.07. The molecule has 0 fully saturated rings. The molecule has 0 bridgehead atoms. The highest BCUT2D eigenvalue weighted by Gasteiger charge is 2.12. The van der Waals surface area contributed by atoms with E-state index in [4.69, 9.17) is 9.47 Å². The summed E-state index contributed by atoms with van der Waals surface area (Å²) >= 11 is 0. The van der Waals surface area contributed by atoms with Crippen molar-refractivity contribution in [3.8, 4) is 0 Å². The monoisotopic (exact) mass is 212 g/mol. The lowest BCUT2D eigenvalue weighted by atomic mass is 9.96. The first-order valence-corrected chi connectivity index (χ1v) is 5.57. The topological polar surface area (TPSA) is 18.5 Å². The Labute approximate surface area is 94.0 Å². The Morgan fingerprint density at radius 2 is 1.53 bits per heavy atom.